The smallest absolute Gasteiger partial charge is 0.264 e. The van der Waals surface area contributed by atoms with Gasteiger partial charge in [-0.1, -0.05) is 66.6 Å². The van der Waals surface area contributed by atoms with E-state index < -0.39 is 10.0 Å². The van der Waals surface area contributed by atoms with E-state index in [1.54, 1.807) is 30.3 Å². The molecule has 1 amide bonds. The van der Waals surface area contributed by atoms with Crippen LogP contribution in [0.4, 0.5) is 5.69 Å². The van der Waals surface area contributed by atoms with Crippen molar-refractivity contribution in [3.05, 3.63) is 94.5 Å². The molecule has 0 aliphatic heterocycles. The van der Waals surface area contributed by atoms with E-state index in [4.69, 9.17) is 0 Å². The van der Waals surface area contributed by atoms with E-state index >= 15 is 0 Å². The Kier molecular flexibility index (Phi) is 7.59. The van der Waals surface area contributed by atoms with Gasteiger partial charge in [0.15, 0.2) is 0 Å². The Labute approximate surface area is 197 Å². The van der Waals surface area contributed by atoms with Crippen LogP contribution in [0.3, 0.4) is 0 Å². The van der Waals surface area contributed by atoms with Crippen LogP contribution in [0.15, 0.2) is 71.6 Å². The first-order valence-electron chi connectivity index (χ1n) is 11.1. The molecular formula is C27H32N2O3S. The van der Waals surface area contributed by atoms with Gasteiger partial charge in [-0.25, -0.2) is 8.42 Å². The summed E-state index contributed by atoms with van der Waals surface area (Å²) in [6.45, 7) is 9.42. The summed E-state index contributed by atoms with van der Waals surface area (Å²) in [6, 6.07) is 20.0. The molecule has 0 aliphatic rings. The Hall–Kier alpha value is -3.12. The second-order valence-electron chi connectivity index (χ2n) is 8.48. The van der Waals surface area contributed by atoms with Crippen molar-refractivity contribution in [2.45, 2.75) is 52.0 Å². The molecule has 3 aromatic rings. The monoisotopic (exact) mass is 464 g/mol. The zero-order valence-electron chi connectivity index (χ0n) is 19.9. The van der Waals surface area contributed by atoms with E-state index in [0.717, 1.165) is 27.8 Å². The van der Waals surface area contributed by atoms with Gasteiger partial charge in [-0.3, -0.25) is 9.10 Å². The predicted octanol–water partition coefficient (Wildman–Crippen LogP) is 5.38. The fourth-order valence-electron chi connectivity index (χ4n) is 3.73. The molecule has 0 bridgehead atoms. The van der Waals surface area contributed by atoms with Gasteiger partial charge in [0.05, 0.1) is 16.6 Å². The lowest BCUT2D eigenvalue weighted by Gasteiger charge is -2.27. The number of aryl methyl sites for hydroxylation is 3. The summed E-state index contributed by atoms with van der Waals surface area (Å²) in [5.74, 6) is -0.348. The number of benzene rings is 3. The Morgan fingerprint density at radius 3 is 2.03 bits per heavy atom. The molecule has 0 unspecified atom stereocenters. The Morgan fingerprint density at radius 1 is 0.879 bits per heavy atom. The van der Waals surface area contributed by atoms with E-state index in [-0.39, 0.29) is 23.4 Å². The third kappa shape index (κ3) is 5.63. The lowest BCUT2D eigenvalue weighted by molar-refractivity contribution is -0.120. The topological polar surface area (TPSA) is 66.5 Å². The van der Waals surface area contributed by atoms with Crippen LogP contribution < -0.4 is 9.62 Å². The molecule has 3 aromatic carbocycles. The molecule has 0 saturated heterocycles. The van der Waals surface area contributed by atoms with Gasteiger partial charge in [0.25, 0.3) is 10.0 Å². The van der Waals surface area contributed by atoms with Crippen LogP contribution in [-0.2, 0) is 14.8 Å². The van der Waals surface area contributed by atoms with Crippen LogP contribution >= 0.6 is 0 Å². The van der Waals surface area contributed by atoms with E-state index in [1.807, 2.05) is 71.0 Å². The summed E-state index contributed by atoms with van der Waals surface area (Å²) in [4.78, 5) is 13.3. The van der Waals surface area contributed by atoms with Crippen LogP contribution in [0.1, 0.15) is 47.2 Å². The highest BCUT2D eigenvalue weighted by Crippen LogP contribution is 2.29. The largest absolute Gasteiger partial charge is 0.348 e. The van der Waals surface area contributed by atoms with Crippen molar-refractivity contribution in [2.24, 2.45) is 0 Å². The number of nitrogens with zero attached hydrogens (tertiary/aromatic N) is 1. The normalized spacial score (nSPS) is 12.3. The Balaban J connectivity index is 1.95. The van der Waals surface area contributed by atoms with Crippen molar-refractivity contribution in [3.8, 4) is 0 Å². The van der Waals surface area contributed by atoms with Crippen molar-refractivity contribution in [1.82, 2.24) is 5.32 Å². The van der Waals surface area contributed by atoms with E-state index in [0.29, 0.717) is 12.1 Å². The first kappa shape index (κ1) is 24.5. The van der Waals surface area contributed by atoms with Gasteiger partial charge in [0.2, 0.25) is 5.91 Å². The van der Waals surface area contributed by atoms with E-state index in [9.17, 15) is 13.2 Å². The number of hydrogen-bond acceptors (Lipinski definition) is 3. The summed E-state index contributed by atoms with van der Waals surface area (Å²) in [7, 11) is -3.95. The second-order valence-corrected chi connectivity index (χ2v) is 10.3. The molecule has 5 nitrogen and oxygen atoms in total. The first-order valence-corrected chi connectivity index (χ1v) is 12.6. The number of amides is 1. The standard InChI is InChI=1S/C27H32N2O3S/c1-6-25(23-14-10-19(2)11-15-23)28-27(30)18-29(26-9-7-8-21(4)22(26)5)33(31,32)24-16-12-20(3)13-17-24/h7-17,25H,6,18H2,1-5H3,(H,28,30)/t25-/m1/s1. The molecule has 0 radical (unpaired) electrons. The molecule has 33 heavy (non-hydrogen) atoms. The maximum absolute atomic E-state index is 13.7. The molecule has 174 valence electrons. The minimum atomic E-state index is -3.95. The molecule has 1 atom stereocenters. The lowest BCUT2D eigenvalue weighted by Crippen LogP contribution is -2.42. The number of rotatable bonds is 8. The highest BCUT2D eigenvalue weighted by atomic mass is 32.2. The molecule has 0 heterocycles. The van der Waals surface area contributed by atoms with Crippen LogP contribution in [0, 0.1) is 27.7 Å². The molecule has 0 spiro atoms. The quantitative estimate of drug-likeness (QED) is 0.486. The number of anilines is 1. The van der Waals surface area contributed by atoms with Gasteiger partial charge >= 0.3 is 0 Å². The summed E-state index contributed by atoms with van der Waals surface area (Å²) in [6.07, 6.45) is 0.697. The van der Waals surface area contributed by atoms with Crippen molar-refractivity contribution in [1.29, 1.82) is 0 Å². The summed E-state index contributed by atoms with van der Waals surface area (Å²) in [5, 5.41) is 3.02. The number of nitrogens with one attached hydrogen (secondary N) is 1. The van der Waals surface area contributed by atoms with E-state index in [1.165, 1.54) is 4.31 Å². The minimum absolute atomic E-state index is 0.160. The van der Waals surface area contributed by atoms with Crippen LogP contribution in [0.5, 0.6) is 0 Å². The molecule has 6 heteroatoms. The minimum Gasteiger partial charge on any atom is -0.348 e. The third-order valence-electron chi connectivity index (χ3n) is 5.96. The Morgan fingerprint density at radius 2 is 1.45 bits per heavy atom. The van der Waals surface area contributed by atoms with Crippen LogP contribution in [0.25, 0.3) is 0 Å². The number of hydrogen-bond donors (Lipinski definition) is 1. The van der Waals surface area contributed by atoms with Gasteiger partial charge in [0.1, 0.15) is 6.54 Å². The average molecular weight is 465 g/mol. The van der Waals surface area contributed by atoms with Gasteiger partial charge in [-0.05, 0) is 69.0 Å². The third-order valence-corrected chi connectivity index (χ3v) is 7.74. The van der Waals surface area contributed by atoms with Crippen molar-refractivity contribution in [2.75, 3.05) is 10.8 Å². The molecule has 3 rings (SSSR count). The summed E-state index contributed by atoms with van der Waals surface area (Å²) in [5.41, 5.74) is 5.40. The lowest BCUT2D eigenvalue weighted by atomic mass is 10.0. The average Bonchev–Trinajstić information content (AvgIpc) is 2.79. The fraction of sp³-hybridized carbons (Fsp3) is 0.296. The molecule has 0 aliphatic carbocycles. The molecule has 0 aromatic heterocycles. The number of carbonyl (C=O) groups is 1. The van der Waals surface area contributed by atoms with Crippen molar-refractivity contribution >= 4 is 21.6 Å². The molecule has 0 saturated carbocycles. The molecule has 0 fully saturated rings. The van der Waals surface area contributed by atoms with Gasteiger partial charge in [-0.2, -0.15) is 0 Å². The van der Waals surface area contributed by atoms with Crippen LogP contribution in [0.2, 0.25) is 0 Å². The fourth-order valence-corrected chi connectivity index (χ4v) is 5.21. The molecule has 1 N–H and O–H groups in total. The maximum Gasteiger partial charge on any atom is 0.264 e. The second kappa shape index (κ2) is 10.2. The molecular weight excluding hydrogens is 432 g/mol. The highest BCUT2D eigenvalue weighted by molar-refractivity contribution is 7.92. The first-order chi connectivity index (χ1) is 15.6. The SMILES string of the molecule is CC[C@@H](NC(=O)CN(c1cccc(C)c1C)S(=O)(=O)c1ccc(C)cc1)c1ccc(C)cc1. The highest BCUT2D eigenvalue weighted by Gasteiger charge is 2.29. The summed E-state index contributed by atoms with van der Waals surface area (Å²) < 4.78 is 28.5. The predicted molar refractivity (Wildman–Crippen MR) is 134 cm³/mol. The van der Waals surface area contributed by atoms with Gasteiger partial charge in [-0.15, -0.1) is 0 Å². The zero-order valence-corrected chi connectivity index (χ0v) is 20.7. The van der Waals surface area contributed by atoms with Crippen molar-refractivity contribution < 1.29 is 13.2 Å². The number of sulfonamides is 1. The maximum atomic E-state index is 13.7. The number of carbonyl (C=O) groups excluding carboxylic acids is 1. The Bertz CT molecular complexity index is 1220. The van der Waals surface area contributed by atoms with Crippen molar-refractivity contribution in [3.63, 3.8) is 0 Å². The van der Waals surface area contributed by atoms with E-state index in [2.05, 4.69) is 5.32 Å². The van der Waals surface area contributed by atoms with Crippen LogP contribution in [-0.4, -0.2) is 20.9 Å². The van der Waals surface area contributed by atoms with Gasteiger partial charge in [0, 0.05) is 0 Å². The van der Waals surface area contributed by atoms with Gasteiger partial charge < -0.3 is 5.32 Å². The zero-order chi connectivity index (χ0) is 24.2. The summed E-state index contributed by atoms with van der Waals surface area (Å²) >= 11 is 0.